The Bertz CT molecular complexity index is 879. The monoisotopic (exact) mass is 382 g/mol. The predicted molar refractivity (Wildman–Crippen MR) is 103 cm³/mol. The third-order valence-electron chi connectivity index (χ3n) is 4.56. The fraction of sp³-hybridized carbons (Fsp3) is 0.286. The minimum absolute atomic E-state index is 0.116. The Hall–Kier alpha value is -3.35. The second kappa shape index (κ2) is 8.56. The molecule has 1 atom stereocenters. The summed E-state index contributed by atoms with van der Waals surface area (Å²) in [5.74, 6) is -1.31. The highest BCUT2D eigenvalue weighted by Crippen LogP contribution is 2.27. The number of aryl methyl sites for hydroxylation is 1. The number of carbonyl (C=O) groups is 3. The van der Waals surface area contributed by atoms with Gasteiger partial charge in [-0.1, -0.05) is 29.8 Å². The van der Waals surface area contributed by atoms with E-state index in [1.54, 1.807) is 29.2 Å². The van der Waals surface area contributed by atoms with E-state index in [2.05, 4.69) is 5.32 Å². The standard InChI is InChI=1S/C21H22N2O5/c1-14-3-2-4-15(9-14)11-22-21(27)16-10-19(24)23(12-16)17-5-7-18(8-6-17)28-13-20(25)26/h2-9,16H,10-13H2,1H3,(H,22,27)(H,25,26)/t16-/m1/s1. The first-order valence-corrected chi connectivity index (χ1v) is 9.00. The summed E-state index contributed by atoms with van der Waals surface area (Å²) in [5.41, 5.74) is 2.80. The van der Waals surface area contributed by atoms with Gasteiger partial charge in [0.1, 0.15) is 5.75 Å². The molecule has 0 aliphatic carbocycles. The molecule has 1 heterocycles. The summed E-state index contributed by atoms with van der Waals surface area (Å²) in [7, 11) is 0. The summed E-state index contributed by atoms with van der Waals surface area (Å²) in [4.78, 5) is 36.9. The van der Waals surface area contributed by atoms with Crippen molar-refractivity contribution < 1.29 is 24.2 Å². The molecule has 0 radical (unpaired) electrons. The molecule has 0 spiro atoms. The molecule has 0 bridgehead atoms. The number of nitrogens with one attached hydrogen (secondary N) is 1. The molecule has 146 valence electrons. The molecule has 0 aromatic heterocycles. The second-order valence-electron chi connectivity index (χ2n) is 6.79. The molecule has 1 aliphatic heterocycles. The van der Waals surface area contributed by atoms with Crippen LogP contribution >= 0.6 is 0 Å². The topological polar surface area (TPSA) is 95.9 Å². The van der Waals surface area contributed by atoms with E-state index in [0.29, 0.717) is 24.5 Å². The van der Waals surface area contributed by atoms with Crippen LogP contribution in [0.25, 0.3) is 0 Å². The van der Waals surface area contributed by atoms with Gasteiger partial charge in [0.15, 0.2) is 6.61 Å². The molecular weight excluding hydrogens is 360 g/mol. The minimum Gasteiger partial charge on any atom is -0.482 e. The quantitative estimate of drug-likeness (QED) is 0.765. The fourth-order valence-corrected chi connectivity index (χ4v) is 3.16. The minimum atomic E-state index is -1.06. The van der Waals surface area contributed by atoms with Crippen LogP contribution in [-0.4, -0.2) is 36.0 Å². The van der Waals surface area contributed by atoms with E-state index in [1.165, 1.54) is 0 Å². The van der Waals surface area contributed by atoms with E-state index in [-0.39, 0.29) is 18.2 Å². The van der Waals surface area contributed by atoms with Gasteiger partial charge in [-0.25, -0.2) is 4.79 Å². The Morgan fingerprint density at radius 2 is 1.96 bits per heavy atom. The lowest BCUT2D eigenvalue weighted by Gasteiger charge is -2.17. The number of carbonyl (C=O) groups excluding carboxylic acids is 2. The summed E-state index contributed by atoms with van der Waals surface area (Å²) in [6, 6.07) is 14.5. The molecule has 2 aromatic carbocycles. The molecule has 2 N–H and O–H groups in total. The summed E-state index contributed by atoms with van der Waals surface area (Å²) >= 11 is 0. The molecular formula is C21H22N2O5. The van der Waals surface area contributed by atoms with Crippen molar-refractivity contribution in [1.29, 1.82) is 0 Å². The van der Waals surface area contributed by atoms with Gasteiger partial charge in [0.25, 0.3) is 0 Å². The van der Waals surface area contributed by atoms with Crippen molar-refractivity contribution in [3.05, 3.63) is 59.7 Å². The molecule has 0 unspecified atom stereocenters. The molecule has 3 rings (SSSR count). The zero-order chi connectivity index (χ0) is 20.1. The first kappa shape index (κ1) is 19.4. The van der Waals surface area contributed by atoms with Gasteiger partial charge < -0.3 is 20.1 Å². The zero-order valence-electron chi connectivity index (χ0n) is 15.6. The molecule has 1 saturated heterocycles. The number of hydrogen-bond donors (Lipinski definition) is 2. The fourth-order valence-electron chi connectivity index (χ4n) is 3.16. The van der Waals surface area contributed by atoms with Crippen molar-refractivity contribution in [2.75, 3.05) is 18.1 Å². The number of carboxylic acid groups (broad SMARTS) is 1. The average molecular weight is 382 g/mol. The number of rotatable bonds is 7. The van der Waals surface area contributed by atoms with Crippen molar-refractivity contribution in [1.82, 2.24) is 5.32 Å². The number of ether oxygens (including phenoxy) is 1. The Morgan fingerprint density at radius 1 is 1.21 bits per heavy atom. The van der Waals surface area contributed by atoms with Crippen molar-refractivity contribution >= 4 is 23.5 Å². The van der Waals surface area contributed by atoms with Crippen LogP contribution in [0.15, 0.2) is 48.5 Å². The van der Waals surface area contributed by atoms with E-state index in [0.717, 1.165) is 11.1 Å². The number of aliphatic carboxylic acids is 1. The van der Waals surface area contributed by atoms with Crippen LogP contribution in [0.5, 0.6) is 5.75 Å². The van der Waals surface area contributed by atoms with E-state index in [9.17, 15) is 14.4 Å². The van der Waals surface area contributed by atoms with Crippen molar-refractivity contribution in [3.8, 4) is 5.75 Å². The van der Waals surface area contributed by atoms with E-state index < -0.39 is 18.5 Å². The summed E-state index contributed by atoms with van der Waals surface area (Å²) in [6.07, 6.45) is 0.164. The smallest absolute Gasteiger partial charge is 0.341 e. The Labute approximate surface area is 162 Å². The van der Waals surface area contributed by atoms with Gasteiger partial charge in [-0.15, -0.1) is 0 Å². The van der Waals surface area contributed by atoms with Crippen LogP contribution in [0.1, 0.15) is 17.5 Å². The summed E-state index contributed by atoms with van der Waals surface area (Å²) in [6.45, 7) is 2.32. The van der Waals surface area contributed by atoms with Gasteiger partial charge in [-0.2, -0.15) is 0 Å². The lowest BCUT2D eigenvalue weighted by Crippen LogP contribution is -2.32. The van der Waals surface area contributed by atoms with Crippen LogP contribution in [0.4, 0.5) is 5.69 Å². The highest BCUT2D eigenvalue weighted by molar-refractivity contribution is 6.00. The molecule has 7 nitrogen and oxygen atoms in total. The molecule has 2 aromatic rings. The van der Waals surface area contributed by atoms with E-state index >= 15 is 0 Å². The van der Waals surface area contributed by atoms with Gasteiger partial charge in [0, 0.05) is 25.2 Å². The Balaban J connectivity index is 1.56. The number of benzene rings is 2. The van der Waals surface area contributed by atoms with Crippen molar-refractivity contribution in [2.24, 2.45) is 5.92 Å². The first-order chi connectivity index (χ1) is 13.4. The molecule has 0 saturated carbocycles. The third-order valence-corrected chi connectivity index (χ3v) is 4.56. The summed E-state index contributed by atoms with van der Waals surface area (Å²) in [5, 5.41) is 11.5. The highest BCUT2D eigenvalue weighted by atomic mass is 16.5. The van der Waals surface area contributed by atoms with Gasteiger partial charge in [0.2, 0.25) is 11.8 Å². The molecule has 7 heteroatoms. The van der Waals surface area contributed by atoms with Crippen molar-refractivity contribution in [2.45, 2.75) is 19.9 Å². The van der Waals surface area contributed by atoms with Gasteiger partial charge in [-0.3, -0.25) is 9.59 Å². The highest BCUT2D eigenvalue weighted by Gasteiger charge is 2.35. The molecule has 1 fully saturated rings. The zero-order valence-corrected chi connectivity index (χ0v) is 15.6. The molecule has 1 aliphatic rings. The number of anilines is 1. The maximum atomic E-state index is 12.5. The lowest BCUT2D eigenvalue weighted by atomic mass is 10.1. The van der Waals surface area contributed by atoms with E-state index in [4.69, 9.17) is 9.84 Å². The number of hydrogen-bond acceptors (Lipinski definition) is 4. The SMILES string of the molecule is Cc1cccc(CNC(=O)[C@@H]2CC(=O)N(c3ccc(OCC(=O)O)cc3)C2)c1. The number of carboxylic acids is 1. The summed E-state index contributed by atoms with van der Waals surface area (Å²) < 4.78 is 5.09. The van der Waals surface area contributed by atoms with Crippen molar-refractivity contribution in [3.63, 3.8) is 0 Å². The largest absolute Gasteiger partial charge is 0.482 e. The normalized spacial score (nSPS) is 16.1. The van der Waals surface area contributed by atoms with Gasteiger partial charge in [0.05, 0.1) is 5.92 Å². The maximum Gasteiger partial charge on any atom is 0.341 e. The van der Waals surface area contributed by atoms with Crippen LogP contribution in [-0.2, 0) is 20.9 Å². The number of amides is 2. The van der Waals surface area contributed by atoms with Crippen LogP contribution in [0.3, 0.4) is 0 Å². The Morgan fingerprint density at radius 3 is 2.64 bits per heavy atom. The number of nitrogens with zero attached hydrogens (tertiary/aromatic N) is 1. The molecule has 2 amide bonds. The predicted octanol–water partition coefficient (Wildman–Crippen LogP) is 2.13. The lowest BCUT2D eigenvalue weighted by molar-refractivity contribution is -0.139. The molecule has 28 heavy (non-hydrogen) atoms. The average Bonchev–Trinajstić information content (AvgIpc) is 3.07. The second-order valence-corrected chi connectivity index (χ2v) is 6.79. The van der Waals surface area contributed by atoms with Crippen LogP contribution in [0, 0.1) is 12.8 Å². The van der Waals surface area contributed by atoms with Gasteiger partial charge in [-0.05, 0) is 36.8 Å². The Kier molecular flexibility index (Phi) is 5.93. The van der Waals surface area contributed by atoms with E-state index in [1.807, 2.05) is 31.2 Å². The van der Waals surface area contributed by atoms with Crippen LogP contribution < -0.4 is 15.0 Å². The first-order valence-electron chi connectivity index (χ1n) is 9.00. The van der Waals surface area contributed by atoms with Crippen LogP contribution in [0.2, 0.25) is 0 Å². The third kappa shape index (κ3) is 4.88. The maximum absolute atomic E-state index is 12.5. The van der Waals surface area contributed by atoms with Gasteiger partial charge >= 0.3 is 5.97 Å².